The molecule has 0 radical (unpaired) electrons. The number of nitrogens with zero attached hydrogens (tertiary/aromatic N) is 2. The number of carbonyl (C=O) groups excluding carboxylic acids is 2. The Morgan fingerprint density at radius 2 is 2.12 bits per heavy atom. The summed E-state index contributed by atoms with van der Waals surface area (Å²) in [5, 5.41) is -0.320. The van der Waals surface area contributed by atoms with E-state index in [2.05, 4.69) is 27.5 Å². The topological polar surface area (TPSA) is 59.0 Å². The first kappa shape index (κ1) is 20.6. The van der Waals surface area contributed by atoms with Gasteiger partial charge in [0.15, 0.2) is 0 Å². The van der Waals surface area contributed by atoms with Crippen molar-refractivity contribution in [1.29, 1.82) is 0 Å². The molecule has 0 N–H and O–H groups in total. The third-order valence-corrected chi connectivity index (χ3v) is 6.95. The Kier molecular flexibility index (Phi) is 5.86. The van der Waals surface area contributed by atoms with Crippen LogP contribution in [0, 0.1) is 0 Å². The second kappa shape index (κ2) is 6.82. The van der Waals surface area contributed by atoms with Crippen molar-refractivity contribution in [3.05, 3.63) is 12.7 Å². The molecule has 0 bridgehead atoms. The van der Waals surface area contributed by atoms with E-state index < -0.39 is 37.0 Å². The molecule has 2 heterocycles. The van der Waals surface area contributed by atoms with Gasteiger partial charge in [-0.15, -0.1) is 11.8 Å². The molecule has 1 amide bonds. The molecule has 2 rings (SSSR count). The standard InChI is InChI=1S/C13H13BrCl4N2O3S/c1-4-6(15)19-13(14)9(22)20-7(11(2,3)24-10(13)20)8(21)23-5-12(16,17)18/h4,7,10H,1,5H2,2-3H3/t7-,10+,13?/m0/s1. The molecule has 0 aliphatic carbocycles. The zero-order valence-electron chi connectivity index (χ0n) is 12.6. The number of esters is 1. The predicted octanol–water partition coefficient (Wildman–Crippen LogP) is 3.88. The lowest BCUT2D eigenvalue weighted by Crippen LogP contribution is -2.70. The average Bonchev–Trinajstić information content (AvgIpc) is 2.73. The number of β-lactam (4-membered cyclic amide) rings is 1. The van der Waals surface area contributed by atoms with Gasteiger partial charge in [0.2, 0.25) is 8.24 Å². The van der Waals surface area contributed by atoms with E-state index in [9.17, 15) is 9.59 Å². The minimum Gasteiger partial charge on any atom is -0.460 e. The van der Waals surface area contributed by atoms with Gasteiger partial charge in [0.1, 0.15) is 23.2 Å². The predicted molar refractivity (Wildman–Crippen MR) is 102 cm³/mol. The summed E-state index contributed by atoms with van der Waals surface area (Å²) in [7, 11) is 0. The van der Waals surface area contributed by atoms with Crippen LogP contribution in [0.3, 0.4) is 0 Å². The maximum Gasteiger partial charge on any atom is 0.330 e. The van der Waals surface area contributed by atoms with Crippen LogP contribution in [0.4, 0.5) is 0 Å². The Morgan fingerprint density at radius 3 is 2.62 bits per heavy atom. The molecule has 11 heteroatoms. The Morgan fingerprint density at radius 1 is 1.54 bits per heavy atom. The SMILES string of the molecule is C=CC(Cl)=NC1(Br)C(=O)N2[C@@H](C(=O)OCC(Cl)(Cl)Cl)C(C)(C)S[C@@H]21. The van der Waals surface area contributed by atoms with E-state index in [-0.39, 0.29) is 11.1 Å². The molecule has 2 fully saturated rings. The number of thioether (sulfide) groups is 1. The number of aliphatic imine (C=N–C) groups is 1. The molecule has 0 aromatic rings. The monoisotopic (exact) mass is 496 g/mol. The zero-order chi connectivity index (χ0) is 18.5. The van der Waals surface area contributed by atoms with Crippen molar-refractivity contribution in [3.63, 3.8) is 0 Å². The lowest BCUT2D eigenvalue weighted by Gasteiger charge is -2.47. The van der Waals surface area contributed by atoms with Crippen molar-refractivity contribution in [3.8, 4) is 0 Å². The lowest BCUT2D eigenvalue weighted by molar-refractivity contribution is -0.163. The molecule has 0 saturated carbocycles. The molecule has 0 spiro atoms. The molecule has 1 unspecified atom stereocenters. The van der Waals surface area contributed by atoms with Crippen LogP contribution in [0.1, 0.15) is 13.8 Å². The molecular weight excluding hydrogens is 486 g/mol. The second-order valence-corrected chi connectivity index (χ2v) is 11.6. The highest BCUT2D eigenvalue weighted by molar-refractivity contribution is 9.10. The smallest absolute Gasteiger partial charge is 0.330 e. The van der Waals surface area contributed by atoms with Gasteiger partial charge in [-0.3, -0.25) is 4.79 Å². The van der Waals surface area contributed by atoms with Gasteiger partial charge in [0.05, 0.1) is 0 Å². The van der Waals surface area contributed by atoms with Gasteiger partial charge < -0.3 is 9.64 Å². The van der Waals surface area contributed by atoms with Crippen molar-refractivity contribution in [1.82, 2.24) is 4.90 Å². The first-order valence-corrected chi connectivity index (χ1v) is 9.82. The summed E-state index contributed by atoms with van der Waals surface area (Å²) in [5.74, 6) is -1.02. The highest BCUT2D eigenvalue weighted by Crippen LogP contribution is 2.58. The fourth-order valence-corrected chi connectivity index (χ4v) is 5.37. The van der Waals surface area contributed by atoms with Gasteiger partial charge in [-0.2, -0.15) is 0 Å². The number of fused-ring (bicyclic) bond motifs is 1. The van der Waals surface area contributed by atoms with E-state index >= 15 is 0 Å². The van der Waals surface area contributed by atoms with Crippen molar-refractivity contribution in [2.75, 3.05) is 6.61 Å². The number of halogens is 5. The number of hydrogen-bond donors (Lipinski definition) is 0. The van der Waals surface area contributed by atoms with Crippen LogP contribution in [0.15, 0.2) is 17.6 Å². The van der Waals surface area contributed by atoms with E-state index in [0.29, 0.717) is 0 Å². The Hall–Kier alpha value is 0.340. The summed E-state index contributed by atoms with van der Waals surface area (Å²) < 4.78 is 1.50. The average molecular weight is 499 g/mol. The second-order valence-electron chi connectivity index (χ2n) is 5.72. The Labute approximate surface area is 172 Å². The number of alkyl halides is 4. The molecule has 134 valence electrons. The summed E-state index contributed by atoms with van der Waals surface area (Å²) in [5.41, 5.74) is 0. The van der Waals surface area contributed by atoms with E-state index in [0.717, 1.165) is 0 Å². The highest BCUT2D eigenvalue weighted by atomic mass is 79.9. The lowest BCUT2D eigenvalue weighted by atomic mass is 9.96. The van der Waals surface area contributed by atoms with Crippen molar-refractivity contribution < 1.29 is 14.3 Å². The van der Waals surface area contributed by atoms with Gasteiger partial charge >= 0.3 is 5.97 Å². The van der Waals surface area contributed by atoms with E-state index in [1.165, 1.54) is 22.7 Å². The van der Waals surface area contributed by atoms with Gasteiger partial charge in [0.25, 0.3) is 5.91 Å². The summed E-state index contributed by atoms with van der Waals surface area (Å²) in [4.78, 5) is 30.6. The van der Waals surface area contributed by atoms with Crippen LogP contribution in [0.5, 0.6) is 0 Å². The fourth-order valence-electron chi connectivity index (χ4n) is 2.52. The van der Waals surface area contributed by atoms with Crippen LogP contribution in [-0.2, 0) is 14.3 Å². The molecule has 0 aromatic carbocycles. The largest absolute Gasteiger partial charge is 0.460 e. The highest BCUT2D eigenvalue weighted by Gasteiger charge is 2.71. The van der Waals surface area contributed by atoms with Crippen LogP contribution >= 0.6 is 74.1 Å². The van der Waals surface area contributed by atoms with Crippen LogP contribution < -0.4 is 0 Å². The van der Waals surface area contributed by atoms with E-state index in [1.807, 2.05) is 13.8 Å². The molecule has 0 aromatic heterocycles. The number of rotatable bonds is 4. The molecule has 2 aliphatic heterocycles. The summed E-state index contributed by atoms with van der Waals surface area (Å²) in [6, 6.07) is -0.823. The number of carbonyl (C=O) groups is 2. The molecule has 2 aliphatic rings. The van der Waals surface area contributed by atoms with Gasteiger partial charge in [0, 0.05) is 4.75 Å². The summed E-state index contributed by atoms with van der Waals surface area (Å²) in [6.45, 7) is 6.76. The zero-order valence-corrected chi connectivity index (χ0v) is 18.0. The third-order valence-electron chi connectivity index (χ3n) is 3.51. The number of ether oxygens (including phenoxy) is 1. The first-order chi connectivity index (χ1) is 10.8. The van der Waals surface area contributed by atoms with Crippen LogP contribution in [0.2, 0.25) is 0 Å². The van der Waals surface area contributed by atoms with Crippen LogP contribution in [-0.4, -0.2) is 53.0 Å². The van der Waals surface area contributed by atoms with Gasteiger partial charge in [-0.1, -0.05) is 53.0 Å². The van der Waals surface area contributed by atoms with Crippen LogP contribution in [0.25, 0.3) is 0 Å². The number of allylic oxidation sites excluding steroid dienone is 1. The Balaban J connectivity index is 2.24. The normalized spacial score (nSPS) is 32.2. The number of hydrogen-bond acceptors (Lipinski definition) is 5. The molecule has 3 atom stereocenters. The first-order valence-electron chi connectivity index (χ1n) is 6.64. The van der Waals surface area contributed by atoms with Crippen molar-refractivity contribution in [2.45, 2.75) is 38.3 Å². The molecule has 2 saturated heterocycles. The molecular formula is C13H13BrCl4N2O3S. The molecule has 24 heavy (non-hydrogen) atoms. The summed E-state index contributed by atoms with van der Waals surface area (Å²) in [6.07, 6.45) is 1.33. The van der Waals surface area contributed by atoms with Crippen molar-refractivity contribution in [2.24, 2.45) is 4.99 Å². The maximum atomic E-state index is 12.6. The maximum absolute atomic E-state index is 12.6. The van der Waals surface area contributed by atoms with E-state index in [1.54, 1.807) is 0 Å². The number of amides is 1. The minimum atomic E-state index is -1.72. The van der Waals surface area contributed by atoms with Crippen molar-refractivity contribution >= 4 is 91.1 Å². The summed E-state index contributed by atoms with van der Waals surface area (Å²) >= 11 is 27.4. The van der Waals surface area contributed by atoms with Gasteiger partial charge in [-0.25, -0.2) is 9.79 Å². The Bertz CT molecular complexity index is 625. The fraction of sp³-hybridized carbons (Fsp3) is 0.615. The quantitative estimate of drug-likeness (QED) is 0.194. The molecule has 5 nitrogen and oxygen atoms in total. The van der Waals surface area contributed by atoms with E-state index in [4.69, 9.17) is 51.1 Å². The van der Waals surface area contributed by atoms with Gasteiger partial charge in [-0.05, 0) is 35.9 Å². The minimum absolute atomic E-state index is 0.0977. The third kappa shape index (κ3) is 3.71.